The molecule has 0 aliphatic carbocycles. The van der Waals surface area contributed by atoms with Crippen molar-refractivity contribution in [2.24, 2.45) is 0 Å². The van der Waals surface area contributed by atoms with Gasteiger partial charge in [0.05, 0.1) is 5.92 Å². The van der Waals surface area contributed by atoms with Crippen LogP contribution in [0.5, 0.6) is 0 Å². The Kier molecular flexibility index (Phi) is 3.28. The normalized spacial score (nSPS) is 10.5. The van der Waals surface area contributed by atoms with Crippen molar-refractivity contribution >= 4 is 6.29 Å². The molecule has 0 saturated carbocycles. The Labute approximate surface area is 97.7 Å². The second-order valence-electron chi connectivity index (χ2n) is 3.66. The van der Waals surface area contributed by atoms with Crippen molar-refractivity contribution < 1.29 is 13.6 Å². The van der Waals surface area contributed by atoms with E-state index in [0.29, 0.717) is 6.29 Å². The van der Waals surface area contributed by atoms with E-state index < -0.39 is 17.6 Å². The summed E-state index contributed by atoms with van der Waals surface area (Å²) in [7, 11) is 0. The number of hydrogen-bond donors (Lipinski definition) is 0. The highest BCUT2D eigenvalue weighted by atomic mass is 19.1. The lowest BCUT2D eigenvalue weighted by Crippen LogP contribution is -2.07. The van der Waals surface area contributed by atoms with E-state index in [1.807, 2.05) is 0 Å². The Morgan fingerprint density at radius 1 is 0.824 bits per heavy atom. The molecule has 2 aromatic rings. The number of halogens is 2. The van der Waals surface area contributed by atoms with Crippen LogP contribution in [0.25, 0.3) is 0 Å². The van der Waals surface area contributed by atoms with Gasteiger partial charge in [0.2, 0.25) is 0 Å². The van der Waals surface area contributed by atoms with Crippen molar-refractivity contribution in [3.63, 3.8) is 0 Å². The second kappa shape index (κ2) is 4.87. The van der Waals surface area contributed by atoms with Gasteiger partial charge in [-0.3, -0.25) is 0 Å². The van der Waals surface area contributed by atoms with E-state index in [9.17, 15) is 13.6 Å². The Bertz CT molecular complexity index is 492. The topological polar surface area (TPSA) is 17.1 Å². The lowest BCUT2D eigenvalue weighted by Gasteiger charge is -2.12. The van der Waals surface area contributed by atoms with Crippen LogP contribution in [-0.2, 0) is 4.79 Å². The van der Waals surface area contributed by atoms with Gasteiger partial charge in [0.25, 0.3) is 0 Å². The highest BCUT2D eigenvalue weighted by Crippen LogP contribution is 2.26. The van der Waals surface area contributed by atoms with Crippen LogP contribution in [-0.4, -0.2) is 6.29 Å². The van der Waals surface area contributed by atoms with Crippen molar-refractivity contribution in [2.45, 2.75) is 5.92 Å². The number of carbonyl (C=O) groups is 1. The smallest absolute Gasteiger partial charge is 0.132 e. The molecule has 3 heteroatoms. The summed E-state index contributed by atoms with van der Waals surface area (Å²) in [5.74, 6) is -1.92. The van der Waals surface area contributed by atoms with Crippen LogP contribution >= 0.6 is 0 Å². The summed E-state index contributed by atoms with van der Waals surface area (Å²) in [4.78, 5) is 11.1. The number of carbonyl (C=O) groups excluding carboxylic acids is 1. The molecule has 0 fully saturated rings. The molecule has 0 bridgehead atoms. The third-order valence-electron chi connectivity index (χ3n) is 2.62. The zero-order valence-corrected chi connectivity index (χ0v) is 8.94. The SMILES string of the molecule is O=CC(c1ccccc1F)c1ccccc1F. The molecule has 0 N–H and O–H groups in total. The summed E-state index contributed by atoms with van der Waals surface area (Å²) in [6.07, 6.45) is 0.552. The van der Waals surface area contributed by atoms with Gasteiger partial charge in [0.1, 0.15) is 17.9 Å². The number of hydrogen-bond acceptors (Lipinski definition) is 1. The zero-order chi connectivity index (χ0) is 12.3. The van der Waals surface area contributed by atoms with E-state index in [1.165, 1.54) is 36.4 Å². The molecule has 0 heterocycles. The van der Waals surface area contributed by atoms with E-state index in [1.54, 1.807) is 12.1 Å². The highest BCUT2D eigenvalue weighted by molar-refractivity contribution is 5.68. The minimum atomic E-state index is -0.905. The van der Waals surface area contributed by atoms with Gasteiger partial charge in [0, 0.05) is 11.1 Å². The first kappa shape index (κ1) is 11.5. The largest absolute Gasteiger partial charge is 0.302 e. The van der Waals surface area contributed by atoms with Crippen LogP contribution in [0, 0.1) is 11.6 Å². The van der Waals surface area contributed by atoms with Crippen LogP contribution < -0.4 is 0 Å². The molecule has 0 spiro atoms. The summed E-state index contributed by atoms with van der Waals surface area (Å²) in [5.41, 5.74) is 0.375. The molecule has 0 aromatic heterocycles. The van der Waals surface area contributed by atoms with Gasteiger partial charge in [-0.2, -0.15) is 0 Å². The summed E-state index contributed by atoms with van der Waals surface area (Å²) in [6, 6.07) is 11.8. The van der Waals surface area contributed by atoms with E-state index in [0.717, 1.165) is 0 Å². The molecule has 2 aromatic carbocycles. The van der Waals surface area contributed by atoms with E-state index >= 15 is 0 Å². The average Bonchev–Trinajstić information content (AvgIpc) is 2.34. The van der Waals surface area contributed by atoms with Gasteiger partial charge in [-0.1, -0.05) is 36.4 Å². The maximum absolute atomic E-state index is 13.6. The van der Waals surface area contributed by atoms with Crippen LogP contribution in [0.3, 0.4) is 0 Å². The summed E-state index contributed by atoms with van der Waals surface area (Å²) < 4.78 is 27.1. The van der Waals surface area contributed by atoms with Gasteiger partial charge in [-0.25, -0.2) is 8.78 Å². The molecule has 0 radical (unpaired) electrons. The van der Waals surface area contributed by atoms with Crippen LogP contribution in [0.4, 0.5) is 8.78 Å². The molecule has 0 aliphatic rings. The van der Waals surface area contributed by atoms with Crippen LogP contribution in [0.1, 0.15) is 17.0 Å². The molecule has 0 aliphatic heterocycles. The molecule has 0 saturated heterocycles. The fraction of sp³-hybridized carbons (Fsp3) is 0.0714. The van der Waals surface area contributed by atoms with Crippen molar-refractivity contribution in [1.29, 1.82) is 0 Å². The fourth-order valence-electron chi connectivity index (χ4n) is 1.77. The molecule has 1 nitrogen and oxygen atoms in total. The fourth-order valence-corrected chi connectivity index (χ4v) is 1.77. The lowest BCUT2D eigenvalue weighted by atomic mass is 9.92. The maximum Gasteiger partial charge on any atom is 0.132 e. The first-order valence-corrected chi connectivity index (χ1v) is 5.18. The van der Waals surface area contributed by atoms with Gasteiger partial charge in [-0.05, 0) is 12.1 Å². The average molecular weight is 232 g/mol. The minimum absolute atomic E-state index is 0.188. The Morgan fingerprint density at radius 2 is 1.24 bits per heavy atom. The maximum atomic E-state index is 13.6. The first-order chi connectivity index (χ1) is 8.24. The molecule has 17 heavy (non-hydrogen) atoms. The standard InChI is InChI=1S/C14H10F2O/c15-13-7-3-1-5-10(13)12(9-17)11-6-2-4-8-14(11)16/h1-9,12H. The predicted molar refractivity (Wildman–Crippen MR) is 60.7 cm³/mol. The predicted octanol–water partition coefficient (Wildman–Crippen LogP) is 3.30. The molecule has 0 atom stereocenters. The molecule has 86 valence electrons. The minimum Gasteiger partial charge on any atom is -0.302 e. The van der Waals surface area contributed by atoms with Gasteiger partial charge in [-0.15, -0.1) is 0 Å². The summed E-state index contributed by atoms with van der Waals surface area (Å²) >= 11 is 0. The molecule has 2 rings (SSSR count). The van der Waals surface area contributed by atoms with Crippen molar-refractivity contribution in [2.75, 3.05) is 0 Å². The number of benzene rings is 2. The third kappa shape index (κ3) is 2.23. The molecular formula is C14H10F2O. The highest BCUT2D eigenvalue weighted by Gasteiger charge is 2.19. The van der Waals surface area contributed by atoms with Gasteiger partial charge < -0.3 is 4.79 Å². The lowest BCUT2D eigenvalue weighted by molar-refractivity contribution is -0.108. The van der Waals surface area contributed by atoms with E-state index in [2.05, 4.69) is 0 Å². The van der Waals surface area contributed by atoms with Gasteiger partial charge >= 0.3 is 0 Å². The molecular weight excluding hydrogens is 222 g/mol. The Balaban J connectivity index is 2.52. The third-order valence-corrected chi connectivity index (χ3v) is 2.62. The van der Waals surface area contributed by atoms with Crippen molar-refractivity contribution in [3.8, 4) is 0 Å². The first-order valence-electron chi connectivity index (χ1n) is 5.18. The number of rotatable bonds is 3. The van der Waals surface area contributed by atoms with Crippen molar-refractivity contribution in [1.82, 2.24) is 0 Å². The van der Waals surface area contributed by atoms with Crippen molar-refractivity contribution in [3.05, 3.63) is 71.3 Å². The molecule has 0 amide bonds. The zero-order valence-electron chi connectivity index (χ0n) is 8.94. The Hall–Kier alpha value is -2.03. The molecule has 0 unspecified atom stereocenters. The second-order valence-corrected chi connectivity index (χ2v) is 3.66. The van der Waals surface area contributed by atoms with E-state index in [4.69, 9.17) is 0 Å². The number of aldehydes is 1. The Morgan fingerprint density at radius 3 is 1.59 bits per heavy atom. The summed E-state index contributed by atoms with van der Waals surface area (Å²) in [6.45, 7) is 0. The van der Waals surface area contributed by atoms with Crippen LogP contribution in [0.15, 0.2) is 48.5 Å². The van der Waals surface area contributed by atoms with Gasteiger partial charge in [0.15, 0.2) is 0 Å². The quantitative estimate of drug-likeness (QED) is 0.742. The monoisotopic (exact) mass is 232 g/mol. The van der Waals surface area contributed by atoms with Crippen LogP contribution in [0.2, 0.25) is 0 Å². The van der Waals surface area contributed by atoms with E-state index in [-0.39, 0.29) is 11.1 Å². The summed E-state index contributed by atoms with van der Waals surface area (Å²) in [5, 5.41) is 0.